The topological polar surface area (TPSA) is 23.6 Å². The first-order valence-corrected chi connectivity index (χ1v) is 7.11. The van der Waals surface area contributed by atoms with E-state index >= 15 is 0 Å². The number of hydrogen-bond acceptors (Lipinski definition) is 2. The van der Waals surface area contributed by atoms with Crippen LogP contribution < -0.4 is 0 Å². The van der Waals surface area contributed by atoms with Crippen molar-refractivity contribution < 1.29 is 4.79 Å². The molecule has 0 spiro atoms. The molecule has 0 atom stereocenters. The van der Waals surface area contributed by atoms with Gasteiger partial charge in [0.05, 0.1) is 5.56 Å². The first-order chi connectivity index (χ1) is 8.58. The number of likely N-dealkylation sites (N-methyl/N-ethyl adjacent to an activating group) is 1. The standard InChI is InChI=1S/C14H19BrN2O/c1-11-4-5-13(15)12(10-11)14(18)17-7-3-6-16(2)8-9-17/h4-5,10H,3,6-9H2,1-2H3. The number of carbonyl (C=O) groups is 1. The Hall–Kier alpha value is -0.870. The van der Waals surface area contributed by atoms with Crippen molar-refractivity contribution in [1.29, 1.82) is 0 Å². The summed E-state index contributed by atoms with van der Waals surface area (Å²) in [5, 5.41) is 0. The molecule has 0 radical (unpaired) electrons. The van der Waals surface area contributed by atoms with Crippen LogP contribution in [-0.2, 0) is 0 Å². The minimum atomic E-state index is 0.140. The van der Waals surface area contributed by atoms with Gasteiger partial charge in [0, 0.05) is 24.1 Å². The van der Waals surface area contributed by atoms with Crippen molar-refractivity contribution in [1.82, 2.24) is 9.80 Å². The van der Waals surface area contributed by atoms with Crippen LogP contribution in [0.3, 0.4) is 0 Å². The molecule has 1 fully saturated rings. The number of benzene rings is 1. The molecular formula is C14H19BrN2O. The molecule has 1 aliphatic rings. The van der Waals surface area contributed by atoms with Gasteiger partial charge < -0.3 is 9.80 Å². The van der Waals surface area contributed by atoms with Crippen LogP contribution in [0, 0.1) is 6.92 Å². The molecular weight excluding hydrogens is 292 g/mol. The van der Waals surface area contributed by atoms with Gasteiger partial charge >= 0.3 is 0 Å². The number of amides is 1. The second-order valence-electron chi connectivity index (χ2n) is 4.93. The Kier molecular flexibility index (Phi) is 4.40. The first kappa shape index (κ1) is 13.6. The van der Waals surface area contributed by atoms with E-state index in [0.717, 1.165) is 48.2 Å². The van der Waals surface area contributed by atoms with E-state index in [2.05, 4.69) is 27.9 Å². The van der Waals surface area contributed by atoms with Crippen LogP contribution in [0.1, 0.15) is 22.3 Å². The van der Waals surface area contributed by atoms with E-state index in [1.807, 2.05) is 30.0 Å². The van der Waals surface area contributed by atoms with Crippen molar-refractivity contribution in [3.63, 3.8) is 0 Å². The molecule has 1 aliphatic heterocycles. The Morgan fingerprint density at radius 3 is 2.78 bits per heavy atom. The van der Waals surface area contributed by atoms with Gasteiger partial charge in [0.15, 0.2) is 0 Å². The van der Waals surface area contributed by atoms with Crippen LogP contribution in [0.15, 0.2) is 22.7 Å². The lowest BCUT2D eigenvalue weighted by Gasteiger charge is -2.21. The number of carbonyl (C=O) groups excluding carboxylic acids is 1. The lowest BCUT2D eigenvalue weighted by Crippen LogP contribution is -2.34. The molecule has 1 aromatic carbocycles. The number of aryl methyl sites for hydroxylation is 1. The Bertz CT molecular complexity index is 447. The molecule has 0 aromatic heterocycles. The summed E-state index contributed by atoms with van der Waals surface area (Å²) in [5.41, 5.74) is 1.90. The van der Waals surface area contributed by atoms with Crippen molar-refractivity contribution in [2.24, 2.45) is 0 Å². The van der Waals surface area contributed by atoms with Crippen LogP contribution in [0.25, 0.3) is 0 Å². The summed E-state index contributed by atoms with van der Waals surface area (Å²) in [4.78, 5) is 16.7. The Balaban J connectivity index is 2.17. The van der Waals surface area contributed by atoms with Gasteiger partial charge in [0.1, 0.15) is 0 Å². The molecule has 4 heteroatoms. The summed E-state index contributed by atoms with van der Waals surface area (Å²) in [6.07, 6.45) is 1.05. The zero-order valence-corrected chi connectivity index (χ0v) is 12.5. The second kappa shape index (κ2) is 5.85. The highest BCUT2D eigenvalue weighted by molar-refractivity contribution is 9.10. The van der Waals surface area contributed by atoms with Gasteiger partial charge in [-0.15, -0.1) is 0 Å². The summed E-state index contributed by atoms with van der Waals surface area (Å²) in [6, 6.07) is 5.92. The minimum absolute atomic E-state index is 0.140. The predicted molar refractivity (Wildman–Crippen MR) is 76.9 cm³/mol. The lowest BCUT2D eigenvalue weighted by atomic mass is 10.1. The Morgan fingerprint density at radius 2 is 2.00 bits per heavy atom. The zero-order valence-electron chi connectivity index (χ0n) is 10.9. The van der Waals surface area contributed by atoms with Crippen LogP contribution in [0.4, 0.5) is 0 Å². The smallest absolute Gasteiger partial charge is 0.255 e. The van der Waals surface area contributed by atoms with Crippen molar-refractivity contribution >= 4 is 21.8 Å². The van der Waals surface area contributed by atoms with Gasteiger partial charge in [0.25, 0.3) is 5.91 Å². The zero-order chi connectivity index (χ0) is 13.1. The van der Waals surface area contributed by atoms with Crippen molar-refractivity contribution in [2.75, 3.05) is 33.2 Å². The molecule has 1 aromatic rings. The van der Waals surface area contributed by atoms with E-state index in [-0.39, 0.29) is 5.91 Å². The molecule has 1 saturated heterocycles. The Labute approximate surface area is 117 Å². The van der Waals surface area contributed by atoms with Gasteiger partial charge in [-0.25, -0.2) is 0 Å². The average molecular weight is 311 g/mol. The molecule has 1 heterocycles. The number of halogens is 1. The maximum atomic E-state index is 12.5. The van der Waals surface area contributed by atoms with E-state index in [4.69, 9.17) is 0 Å². The molecule has 1 amide bonds. The third-order valence-electron chi connectivity index (χ3n) is 3.36. The van der Waals surface area contributed by atoms with E-state index < -0.39 is 0 Å². The van der Waals surface area contributed by atoms with Crippen molar-refractivity contribution in [2.45, 2.75) is 13.3 Å². The molecule has 0 bridgehead atoms. The fourth-order valence-corrected chi connectivity index (χ4v) is 2.64. The van der Waals surface area contributed by atoms with Crippen LogP contribution >= 0.6 is 15.9 Å². The summed E-state index contributed by atoms with van der Waals surface area (Å²) >= 11 is 3.47. The summed E-state index contributed by atoms with van der Waals surface area (Å²) in [5.74, 6) is 0.140. The van der Waals surface area contributed by atoms with Crippen molar-refractivity contribution in [3.8, 4) is 0 Å². The highest BCUT2D eigenvalue weighted by Crippen LogP contribution is 2.20. The molecule has 0 N–H and O–H groups in total. The summed E-state index contributed by atoms with van der Waals surface area (Å²) in [6.45, 7) is 5.70. The molecule has 0 saturated carbocycles. The fourth-order valence-electron chi connectivity index (χ4n) is 2.22. The highest BCUT2D eigenvalue weighted by atomic mass is 79.9. The van der Waals surface area contributed by atoms with Gasteiger partial charge in [-0.3, -0.25) is 4.79 Å². The minimum Gasteiger partial charge on any atom is -0.337 e. The van der Waals surface area contributed by atoms with E-state index in [1.54, 1.807) is 0 Å². The third-order valence-corrected chi connectivity index (χ3v) is 4.05. The molecule has 2 rings (SSSR count). The van der Waals surface area contributed by atoms with Gasteiger partial charge in [-0.1, -0.05) is 11.6 Å². The molecule has 0 unspecified atom stereocenters. The fraction of sp³-hybridized carbons (Fsp3) is 0.500. The number of rotatable bonds is 1. The highest BCUT2D eigenvalue weighted by Gasteiger charge is 2.20. The van der Waals surface area contributed by atoms with Crippen LogP contribution in [0.2, 0.25) is 0 Å². The van der Waals surface area contributed by atoms with Crippen molar-refractivity contribution in [3.05, 3.63) is 33.8 Å². The van der Waals surface area contributed by atoms with Crippen LogP contribution in [-0.4, -0.2) is 48.9 Å². The molecule has 0 aliphatic carbocycles. The van der Waals surface area contributed by atoms with E-state index in [9.17, 15) is 4.79 Å². The summed E-state index contributed by atoms with van der Waals surface area (Å²) < 4.78 is 0.885. The predicted octanol–water partition coefficient (Wildman–Crippen LogP) is 2.54. The molecule has 3 nitrogen and oxygen atoms in total. The molecule has 98 valence electrons. The maximum Gasteiger partial charge on any atom is 0.255 e. The molecule has 18 heavy (non-hydrogen) atoms. The number of nitrogens with zero attached hydrogens (tertiary/aromatic N) is 2. The monoisotopic (exact) mass is 310 g/mol. The lowest BCUT2D eigenvalue weighted by molar-refractivity contribution is 0.0762. The second-order valence-corrected chi connectivity index (χ2v) is 5.79. The first-order valence-electron chi connectivity index (χ1n) is 6.32. The normalized spacial score (nSPS) is 17.6. The third kappa shape index (κ3) is 3.12. The van der Waals surface area contributed by atoms with Gasteiger partial charge in [-0.05, 0) is 55.0 Å². The average Bonchev–Trinajstić information content (AvgIpc) is 2.56. The summed E-state index contributed by atoms with van der Waals surface area (Å²) in [7, 11) is 2.11. The van der Waals surface area contributed by atoms with Gasteiger partial charge in [0.2, 0.25) is 0 Å². The number of hydrogen-bond donors (Lipinski definition) is 0. The SMILES string of the molecule is Cc1ccc(Br)c(C(=O)N2CCCN(C)CC2)c1. The van der Waals surface area contributed by atoms with Gasteiger partial charge in [-0.2, -0.15) is 0 Å². The van der Waals surface area contributed by atoms with E-state index in [0.29, 0.717) is 0 Å². The van der Waals surface area contributed by atoms with E-state index in [1.165, 1.54) is 0 Å². The van der Waals surface area contributed by atoms with Crippen LogP contribution in [0.5, 0.6) is 0 Å². The maximum absolute atomic E-state index is 12.5. The quantitative estimate of drug-likeness (QED) is 0.796. The largest absolute Gasteiger partial charge is 0.337 e. The Morgan fingerprint density at radius 1 is 1.22 bits per heavy atom.